The first kappa shape index (κ1) is 18.4. The van der Waals surface area contributed by atoms with Crippen LogP contribution >= 0.6 is 0 Å². The fourth-order valence-corrected chi connectivity index (χ4v) is 2.36. The van der Waals surface area contributed by atoms with Crippen LogP contribution < -0.4 is 15.5 Å². The van der Waals surface area contributed by atoms with Crippen molar-refractivity contribution in [1.29, 1.82) is 0 Å². The third-order valence-electron chi connectivity index (χ3n) is 3.61. The number of amides is 4. The number of ether oxygens (including phenoxy) is 1. The summed E-state index contributed by atoms with van der Waals surface area (Å²) in [6, 6.07) is 5.78. The van der Waals surface area contributed by atoms with Gasteiger partial charge in [0.1, 0.15) is 0 Å². The average molecular weight is 347 g/mol. The van der Waals surface area contributed by atoms with Gasteiger partial charge in [0.15, 0.2) is 6.61 Å². The van der Waals surface area contributed by atoms with Crippen LogP contribution in [0.15, 0.2) is 24.3 Å². The van der Waals surface area contributed by atoms with Gasteiger partial charge >= 0.3 is 12.0 Å². The molecule has 0 spiro atoms. The van der Waals surface area contributed by atoms with E-state index >= 15 is 0 Å². The van der Waals surface area contributed by atoms with Crippen LogP contribution in [0.4, 0.5) is 10.5 Å². The lowest BCUT2D eigenvalue weighted by molar-refractivity contribution is -0.123. The standard InChI is InChI=1S/C17H21N3O5/c1-2-9-18-17(24)19-14(21)11-25-16(23)12-5-7-13(8-6-12)20-10-3-4-15(20)22/h5-8H,2-4,9-11H2,1H3,(H2,18,19,21,24). The van der Waals surface area contributed by atoms with Crippen molar-refractivity contribution in [2.45, 2.75) is 26.2 Å². The van der Waals surface area contributed by atoms with Gasteiger partial charge in [-0.3, -0.25) is 14.9 Å². The predicted octanol–water partition coefficient (Wildman–Crippen LogP) is 1.21. The zero-order valence-corrected chi connectivity index (χ0v) is 14.0. The number of rotatable bonds is 6. The van der Waals surface area contributed by atoms with E-state index in [1.807, 2.05) is 6.92 Å². The molecule has 1 fully saturated rings. The van der Waals surface area contributed by atoms with E-state index in [9.17, 15) is 19.2 Å². The number of hydrogen-bond acceptors (Lipinski definition) is 5. The number of imide groups is 1. The molecule has 2 rings (SSSR count). The van der Waals surface area contributed by atoms with Gasteiger partial charge in [0.05, 0.1) is 5.56 Å². The predicted molar refractivity (Wildman–Crippen MR) is 90.1 cm³/mol. The number of hydrogen-bond donors (Lipinski definition) is 2. The van der Waals surface area contributed by atoms with Gasteiger partial charge in [-0.1, -0.05) is 6.92 Å². The molecule has 2 N–H and O–H groups in total. The van der Waals surface area contributed by atoms with E-state index in [0.29, 0.717) is 19.5 Å². The van der Waals surface area contributed by atoms with Crippen molar-refractivity contribution < 1.29 is 23.9 Å². The van der Waals surface area contributed by atoms with E-state index < -0.39 is 24.5 Å². The molecule has 0 aromatic heterocycles. The van der Waals surface area contributed by atoms with Gasteiger partial charge in [0.25, 0.3) is 5.91 Å². The van der Waals surface area contributed by atoms with Gasteiger partial charge in [-0.25, -0.2) is 9.59 Å². The fraction of sp³-hybridized carbons (Fsp3) is 0.412. The minimum Gasteiger partial charge on any atom is -0.452 e. The number of urea groups is 1. The summed E-state index contributed by atoms with van der Waals surface area (Å²) in [5.74, 6) is -1.32. The Balaban J connectivity index is 1.81. The molecule has 4 amide bonds. The first-order valence-corrected chi connectivity index (χ1v) is 8.16. The average Bonchev–Trinajstić information content (AvgIpc) is 3.04. The molecule has 0 bridgehead atoms. The molecule has 0 atom stereocenters. The van der Waals surface area contributed by atoms with Crippen LogP contribution in [0, 0.1) is 0 Å². The first-order valence-electron chi connectivity index (χ1n) is 8.16. The van der Waals surface area contributed by atoms with Crippen molar-refractivity contribution in [2.24, 2.45) is 0 Å². The zero-order valence-electron chi connectivity index (χ0n) is 14.0. The molecule has 8 heteroatoms. The van der Waals surface area contributed by atoms with Gasteiger partial charge < -0.3 is 15.0 Å². The highest BCUT2D eigenvalue weighted by Gasteiger charge is 2.22. The number of esters is 1. The van der Waals surface area contributed by atoms with Crippen molar-refractivity contribution >= 4 is 29.5 Å². The number of nitrogens with zero attached hydrogens (tertiary/aromatic N) is 1. The van der Waals surface area contributed by atoms with Crippen molar-refractivity contribution in [2.75, 3.05) is 24.6 Å². The maximum absolute atomic E-state index is 11.9. The van der Waals surface area contributed by atoms with E-state index in [0.717, 1.165) is 18.5 Å². The van der Waals surface area contributed by atoms with Crippen LogP contribution in [-0.4, -0.2) is 43.5 Å². The summed E-state index contributed by atoms with van der Waals surface area (Å²) in [7, 11) is 0. The topological polar surface area (TPSA) is 105 Å². The number of nitrogens with one attached hydrogen (secondary N) is 2. The summed E-state index contributed by atoms with van der Waals surface area (Å²) in [5, 5.41) is 4.54. The van der Waals surface area contributed by atoms with Gasteiger partial charge in [-0.2, -0.15) is 0 Å². The summed E-state index contributed by atoms with van der Waals surface area (Å²) in [5.41, 5.74) is 0.989. The second kappa shape index (κ2) is 8.81. The van der Waals surface area contributed by atoms with E-state index in [1.165, 1.54) is 12.1 Å². The molecular formula is C17H21N3O5. The van der Waals surface area contributed by atoms with Gasteiger partial charge in [-0.15, -0.1) is 0 Å². The van der Waals surface area contributed by atoms with Crippen molar-refractivity contribution in [3.63, 3.8) is 0 Å². The Labute approximate surface area is 145 Å². The quantitative estimate of drug-likeness (QED) is 0.753. The monoisotopic (exact) mass is 347 g/mol. The summed E-state index contributed by atoms with van der Waals surface area (Å²) in [6.45, 7) is 2.45. The van der Waals surface area contributed by atoms with E-state index in [-0.39, 0.29) is 11.5 Å². The minimum atomic E-state index is -0.707. The highest BCUT2D eigenvalue weighted by Crippen LogP contribution is 2.21. The Morgan fingerprint density at radius 1 is 1.20 bits per heavy atom. The second-order valence-corrected chi connectivity index (χ2v) is 5.58. The molecule has 1 heterocycles. The summed E-state index contributed by atoms with van der Waals surface area (Å²) in [4.78, 5) is 48.1. The molecule has 1 aromatic rings. The SMILES string of the molecule is CCCNC(=O)NC(=O)COC(=O)c1ccc(N2CCCC2=O)cc1. The van der Waals surface area contributed by atoms with Gasteiger partial charge in [0, 0.05) is 25.2 Å². The molecule has 0 aliphatic carbocycles. The van der Waals surface area contributed by atoms with E-state index in [4.69, 9.17) is 4.74 Å². The Kier molecular flexibility index (Phi) is 6.50. The Hall–Kier alpha value is -2.90. The molecule has 25 heavy (non-hydrogen) atoms. The smallest absolute Gasteiger partial charge is 0.338 e. The van der Waals surface area contributed by atoms with Gasteiger partial charge in [0.2, 0.25) is 5.91 Å². The largest absolute Gasteiger partial charge is 0.452 e. The molecule has 1 aliphatic heterocycles. The van der Waals surface area contributed by atoms with Crippen LogP contribution in [-0.2, 0) is 14.3 Å². The fourth-order valence-electron chi connectivity index (χ4n) is 2.36. The maximum Gasteiger partial charge on any atom is 0.338 e. The lowest BCUT2D eigenvalue weighted by atomic mass is 10.2. The third kappa shape index (κ3) is 5.30. The molecule has 0 unspecified atom stereocenters. The van der Waals surface area contributed by atoms with Crippen LogP contribution in [0.25, 0.3) is 0 Å². The normalized spacial score (nSPS) is 13.5. The zero-order chi connectivity index (χ0) is 18.2. The first-order chi connectivity index (χ1) is 12.0. The molecule has 8 nitrogen and oxygen atoms in total. The van der Waals surface area contributed by atoms with Crippen molar-refractivity contribution in [1.82, 2.24) is 10.6 Å². The Morgan fingerprint density at radius 2 is 1.92 bits per heavy atom. The molecular weight excluding hydrogens is 326 g/mol. The molecule has 0 radical (unpaired) electrons. The molecule has 1 aromatic carbocycles. The molecule has 0 saturated carbocycles. The lowest BCUT2D eigenvalue weighted by Crippen LogP contribution is -2.41. The van der Waals surface area contributed by atoms with E-state index in [1.54, 1.807) is 17.0 Å². The van der Waals surface area contributed by atoms with Gasteiger partial charge in [-0.05, 0) is 37.1 Å². The lowest BCUT2D eigenvalue weighted by Gasteiger charge is -2.15. The maximum atomic E-state index is 11.9. The van der Waals surface area contributed by atoms with Crippen LogP contribution in [0.1, 0.15) is 36.5 Å². The summed E-state index contributed by atoms with van der Waals surface area (Å²) in [6.07, 6.45) is 2.10. The van der Waals surface area contributed by atoms with Crippen molar-refractivity contribution in [3.8, 4) is 0 Å². The number of benzene rings is 1. The van der Waals surface area contributed by atoms with Crippen LogP contribution in [0.3, 0.4) is 0 Å². The highest BCUT2D eigenvalue weighted by atomic mass is 16.5. The Morgan fingerprint density at radius 3 is 2.52 bits per heavy atom. The Bertz CT molecular complexity index is 657. The van der Waals surface area contributed by atoms with Crippen molar-refractivity contribution in [3.05, 3.63) is 29.8 Å². The highest BCUT2D eigenvalue weighted by molar-refractivity contribution is 5.98. The van der Waals surface area contributed by atoms with E-state index in [2.05, 4.69) is 10.6 Å². The number of anilines is 1. The molecule has 134 valence electrons. The second-order valence-electron chi connectivity index (χ2n) is 5.58. The summed E-state index contributed by atoms with van der Waals surface area (Å²) < 4.78 is 4.87. The summed E-state index contributed by atoms with van der Waals surface area (Å²) >= 11 is 0. The minimum absolute atomic E-state index is 0.0633. The number of carbonyl (C=O) groups excluding carboxylic acids is 4. The van der Waals surface area contributed by atoms with Crippen LogP contribution in [0.2, 0.25) is 0 Å². The molecule has 1 aliphatic rings. The number of carbonyl (C=O) groups is 4. The van der Waals surface area contributed by atoms with Crippen LogP contribution in [0.5, 0.6) is 0 Å². The third-order valence-corrected chi connectivity index (χ3v) is 3.61. The molecule has 1 saturated heterocycles.